The van der Waals surface area contributed by atoms with Crippen LogP contribution in [0.1, 0.15) is 29.2 Å². The molecule has 0 saturated carbocycles. The zero-order valence-corrected chi connectivity index (χ0v) is 7.58. The Hall–Kier alpha value is -1.33. The highest BCUT2D eigenvalue weighted by Crippen LogP contribution is 2.34. The van der Waals surface area contributed by atoms with Crippen LogP contribution in [0.2, 0.25) is 0 Å². The molecular weight excluding hydrogens is 162 g/mol. The van der Waals surface area contributed by atoms with Crippen LogP contribution in [0.3, 0.4) is 0 Å². The maximum Gasteiger partial charge on any atom is 0.0994 e. The topological polar surface area (TPSA) is 33.0 Å². The summed E-state index contributed by atoms with van der Waals surface area (Å²) in [5.41, 5.74) is 3.18. The molecule has 0 unspecified atom stereocenters. The maximum atomic E-state index is 8.87. The number of rotatable bonds is 1. The highest BCUT2D eigenvalue weighted by molar-refractivity contribution is 5.46. The molecule has 0 fully saturated rings. The Morgan fingerprint density at radius 1 is 1.54 bits per heavy atom. The fourth-order valence-electron chi connectivity index (χ4n) is 1.97. The largest absolute Gasteiger partial charge is 0.377 e. The Balaban J connectivity index is 2.50. The lowest BCUT2D eigenvalue weighted by molar-refractivity contribution is 0.105. The lowest BCUT2D eigenvalue weighted by Crippen LogP contribution is -1.95. The molecule has 1 aliphatic carbocycles. The number of nitrogens with zero attached hydrogens (tertiary/aromatic N) is 1. The van der Waals surface area contributed by atoms with Crippen molar-refractivity contribution in [1.82, 2.24) is 0 Å². The average molecular weight is 173 g/mol. The van der Waals surface area contributed by atoms with E-state index in [0.717, 1.165) is 18.4 Å². The third-order valence-corrected chi connectivity index (χ3v) is 2.62. The standard InChI is InChI=1S/C11H11NO/c1-13-11-6-5-9-8(7-12)3-2-4-10(9)11/h2-4,11H,5-6H2,1H3/t11-/m0/s1. The Kier molecular flexibility index (Phi) is 2.03. The molecule has 0 bridgehead atoms. The van der Waals surface area contributed by atoms with Crippen molar-refractivity contribution in [3.63, 3.8) is 0 Å². The van der Waals surface area contributed by atoms with E-state index in [4.69, 9.17) is 10.00 Å². The van der Waals surface area contributed by atoms with Gasteiger partial charge in [0, 0.05) is 7.11 Å². The molecule has 2 nitrogen and oxygen atoms in total. The van der Waals surface area contributed by atoms with Gasteiger partial charge in [-0.2, -0.15) is 5.26 Å². The van der Waals surface area contributed by atoms with Gasteiger partial charge < -0.3 is 4.74 Å². The van der Waals surface area contributed by atoms with Gasteiger partial charge in [0.15, 0.2) is 0 Å². The summed E-state index contributed by atoms with van der Waals surface area (Å²) in [6.45, 7) is 0. The van der Waals surface area contributed by atoms with Gasteiger partial charge in [-0.15, -0.1) is 0 Å². The van der Waals surface area contributed by atoms with E-state index >= 15 is 0 Å². The van der Waals surface area contributed by atoms with Crippen molar-refractivity contribution < 1.29 is 4.74 Å². The van der Waals surface area contributed by atoms with Crippen LogP contribution in [0.5, 0.6) is 0 Å². The number of fused-ring (bicyclic) bond motifs is 1. The Bertz CT molecular complexity index is 365. The first kappa shape index (κ1) is 8.28. The molecule has 2 heteroatoms. The van der Waals surface area contributed by atoms with Crippen molar-refractivity contribution in [2.75, 3.05) is 7.11 Å². The van der Waals surface area contributed by atoms with Crippen molar-refractivity contribution in [3.8, 4) is 6.07 Å². The summed E-state index contributed by atoms with van der Waals surface area (Å²) in [4.78, 5) is 0. The van der Waals surface area contributed by atoms with E-state index in [1.54, 1.807) is 7.11 Å². The van der Waals surface area contributed by atoms with E-state index in [1.165, 1.54) is 11.1 Å². The van der Waals surface area contributed by atoms with Gasteiger partial charge in [0.05, 0.1) is 17.7 Å². The second kappa shape index (κ2) is 3.20. The van der Waals surface area contributed by atoms with Crippen molar-refractivity contribution >= 4 is 0 Å². The predicted molar refractivity (Wildman–Crippen MR) is 49.2 cm³/mol. The van der Waals surface area contributed by atoms with E-state index in [0.29, 0.717) is 0 Å². The van der Waals surface area contributed by atoms with E-state index in [-0.39, 0.29) is 6.10 Å². The summed E-state index contributed by atoms with van der Waals surface area (Å²) in [7, 11) is 1.72. The van der Waals surface area contributed by atoms with Crippen LogP contribution >= 0.6 is 0 Å². The molecule has 0 amide bonds. The smallest absolute Gasteiger partial charge is 0.0994 e. The van der Waals surface area contributed by atoms with Crippen molar-refractivity contribution in [2.45, 2.75) is 18.9 Å². The first-order chi connectivity index (χ1) is 6.36. The highest BCUT2D eigenvalue weighted by Gasteiger charge is 2.23. The van der Waals surface area contributed by atoms with Crippen LogP contribution in [0.4, 0.5) is 0 Å². The Morgan fingerprint density at radius 3 is 3.08 bits per heavy atom. The predicted octanol–water partition coefficient (Wildman–Crippen LogP) is 2.19. The van der Waals surface area contributed by atoms with Crippen molar-refractivity contribution in [1.29, 1.82) is 5.26 Å². The van der Waals surface area contributed by atoms with E-state index < -0.39 is 0 Å². The van der Waals surface area contributed by atoms with Gasteiger partial charge >= 0.3 is 0 Å². The van der Waals surface area contributed by atoms with Crippen LogP contribution in [-0.2, 0) is 11.2 Å². The minimum absolute atomic E-state index is 0.198. The number of hydrogen-bond acceptors (Lipinski definition) is 2. The van der Waals surface area contributed by atoms with Gasteiger partial charge in [0.25, 0.3) is 0 Å². The number of ether oxygens (including phenoxy) is 1. The molecule has 0 heterocycles. The molecule has 66 valence electrons. The molecule has 1 aliphatic rings. The molecule has 0 aliphatic heterocycles. The number of benzene rings is 1. The first-order valence-corrected chi connectivity index (χ1v) is 4.41. The lowest BCUT2D eigenvalue weighted by Gasteiger charge is -2.08. The molecule has 13 heavy (non-hydrogen) atoms. The minimum Gasteiger partial charge on any atom is -0.377 e. The molecule has 0 N–H and O–H groups in total. The third-order valence-electron chi connectivity index (χ3n) is 2.62. The summed E-state index contributed by atoms with van der Waals surface area (Å²) in [6.07, 6.45) is 2.17. The van der Waals surface area contributed by atoms with Gasteiger partial charge in [-0.05, 0) is 30.0 Å². The molecule has 0 aromatic heterocycles. The number of methoxy groups -OCH3 is 1. The van der Waals surface area contributed by atoms with Crippen LogP contribution in [0, 0.1) is 11.3 Å². The molecule has 0 radical (unpaired) electrons. The second-order valence-electron chi connectivity index (χ2n) is 3.25. The van der Waals surface area contributed by atoms with Gasteiger partial charge in [0.1, 0.15) is 0 Å². The van der Waals surface area contributed by atoms with Crippen LogP contribution < -0.4 is 0 Å². The highest BCUT2D eigenvalue weighted by atomic mass is 16.5. The van der Waals surface area contributed by atoms with Crippen LogP contribution in [-0.4, -0.2) is 7.11 Å². The second-order valence-corrected chi connectivity index (χ2v) is 3.25. The van der Waals surface area contributed by atoms with Crippen LogP contribution in [0.25, 0.3) is 0 Å². The maximum absolute atomic E-state index is 8.87. The van der Waals surface area contributed by atoms with Gasteiger partial charge in [-0.25, -0.2) is 0 Å². The third kappa shape index (κ3) is 1.22. The Labute approximate surface area is 77.8 Å². The van der Waals surface area contributed by atoms with Crippen molar-refractivity contribution in [2.24, 2.45) is 0 Å². The van der Waals surface area contributed by atoms with E-state index in [9.17, 15) is 0 Å². The normalized spacial score (nSPS) is 19.5. The molecule has 1 atom stereocenters. The summed E-state index contributed by atoms with van der Waals surface area (Å²) < 4.78 is 5.33. The molecule has 1 aromatic carbocycles. The van der Waals surface area contributed by atoms with Gasteiger partial charge in [-0.3, -0.25) is 0 Å². The fraction of sp³-hybridized carbons (Fsp3) is 0.364. The summed E-state index contributed by atoms with van der Waals surface area (Å²) >= 11 is 0. The van der Waals surface area contributed by atoms with Gasteiger partial charge in [-0.1, -0.05) is 12.1 Å². The number of nitriles is 1. The lowest BCUT2D eigenvalue weighted by atomic mass is 10.0. The molecule has 2 rings (SSSR count). The van der Waals surface area contributed by atoms with E-state index in [1.807, 2.05) is 12.1 Å². The fourth-order valence-corrected chi connectivity index (χ4v) is 1.97. The monoisotopic (exact) mass is 173 g/mol. The first-order valence-electron chi connectivity index (χ1n) is 4.41. The number of hydrogen-bond donors (Lipinski definition) is 0. The molecular formula is C11H11NO. The minimum atomic E-state index is 0.198. The molecule has 0 saturated heterocycles. The van der Waals surface area contributed by atoms with Gasteiger partial charge in [0.2, 0.25) is 0 Å². The van der Waals surface area contributed by atoms with Crippen molar-refractivity contribution in [3.05, 3.63) is 34.9 Å². The average Bonchev–Trinajstić information content (AvgIpc) is 2.60. The zero-order chi connectivity index (χ0) is 9.26. The van der Waals surface area contributed by atoms with Crippen LogP contribution in [0.15, 0.2) is 18.2 Å². The SMILES string of the molecule is CO[C@H]1CCc2c(C#N)cccc21. The summed E-state index contributed by atoms with van der Waals surface area (Å²) in [5.74, 6) is 0. The summed E-state index contributed by atoms with van der Waals surface area (Å²) in [6, 6.07) is 8.07. The summed E-state index contributed by atoms with van der Waals surface area (Å²) in [5, 5.41) is 8.87. The molecule has 0 spiro atoms. The van der Waals surface area contributed by atoms with E-state index in [2.05, 4.69) is 12.1 Å². The quantitative estimate of drug-likeness (QED) is 0.652. The Morgan fingerprint density at radius 2 is 2.38 bits per heavy atom. The molecule has 1 aromatic rings. The zero-order valence-electron chi connectivity index (χ0n) is 7.58.